The second-order valence-electron chi connectivity index (χ2n) is 4.75. The number of hydrogen-bond acceptors (Lipinski definition) is 3. The molecule has 1 heterocycles. The fourth-order valence-corrected chi connectivity index (χ4v) is 2.67. The summed E-state index contributed by atoms with van der Waals surface area (Å²) in [5, 5.41) is 15.0. The lowest BCUT2D eigenvalue weighted by Crippen LogP contribution is -2.36. The molecule has 4 nitrogen and oxygen atoms in total. The fourth-order valence-electron chi connectivity index (χ4n) is 2.01. The van der Waals surface area contributed by atoms with Crippen molar-refractivity contribution in [3.05, 3.63) is 52.2 Å². The maximum absolute atomic E-state index is 12.9. The minimum Gasteiger partial charge on any atom is -0.395 e. The quantitative estimate of drug-likeness (QED) is 0.867. The van der Waals surface area contributed by atoms with E-state index in [-0.39, 0.29) is 25.4 Å². The first kappa shape index (κ1) is 17.3. The standard InChI is InChI=1S/C15H15F3N2O2S/c16-15(17,18)12-3-1-2-4-13(12)19-14(22)20(6-7-21)9-11-5-8-23-10-11/h1-5,8,10,21H,6-7,9H2,(H,19,22). The average molecular weight is 344 g/mol. The maximum Gasteiger partial charge on any atom is 0.418 e. The number of hydrogen-bond donors (Lipinski definition) is 2. The number of urea groups is 1. The molecule has 23 heavy (non-hydrogen) atoms. The van der Waals surface area contributed by atoms with Gasteiger partial charge in [0.1, 0.15) is 0 Å². The Kier molecular flexibility index (Phi) is 5.62. The molecule has 0 bridgehead atoms. The highest BCUT2D eigenvalue weighted by Crippen LogP contribution is 2.34. The Labute approximate surface area is 135 Å². The smallest absolute Gasteiger partial charge is 0.395 e. The number of thiophene rings is 1. The summed E-state index contributed by atoms with van der Waals surface area (Å²) in [7, 11) is 0. The predicted octanol–water partition coefficient (Wildman–Crippen LogP) is 3.79. The third-order valence-corrected chi connectivity index (χ3v) is 3.82. The number of nitrogens with one attached hydrogen (secondary N) is 1. The van der Waals surface area contributed by atoms with E-state index in [1.807, 2.05) is 16.8 Å². The first-order valence-electron chi connectivity index (χ1n) is 6.76. The normalized spacial score (nSPS) is 11.3. The van der Waals surface area contributed by atoms with Gasteiger partial charge in [-0.05, 0) is 34.5 Å². The summed E-state index contributed by atoms with van der Waals surface area (Å²) in [6.45, 7) is -0.0432. The molecule has 0 saturated carbocycles. The molecule has 124 valence electrons. The van der Waals surface area contributed by atoms with Crippen LogP contribution in [0.25, 0.3) is 0 Å². The van der Waals surface area contributed by atoms with E-state index < -0.39 is 17.8 Å². The molecule has 0 aliphatic carbocycles. The van der Waals surface area contributed by atoms with E-state index in [9.17, 15) is 18.0 Å². The Morgan fingerprint density at radius 1 is 1.26 bits per heavy atom. The van der Waals surface area contributed by atoms with Crippen LogP contribution in [0.3, 0.4) is 0 Å². The number of anilines is 1. The second kappa shape index (κ2) is 7.47. The third kappa shape index (κ3) is 4.70. The zero-order valence-corrected chi connectivity index (χ0v) is 12.8. The van der Waals surface area contributed by atoms with Crippen molar-refractivity contribution in [2.75, 3.05) is 18.5 Å². The van der Waals surface area contributed by atoms with Gasteiger partial charge in [0.25, 0.3) is 0 Å². The number of aliphatic hydroxyl groups is 1. The van der Waals surface area contributed by atoms with Gasteiger partial charge in [-0.15, -0.1) is 0 Å². The SMILES string of the molecule is O=C(Nc1ccccc1C(F)(F)F)N(CCO)Cc1ccsc1. The molecule has 8 heteroatoms. The topological polar surface area (TPSA) is 52.6 Å². The van der Waals surface area contributed by atoms with Crippen LogP contribution in [-0.4, -0.2) is 29.2 Å². The summed E-state index contributed by atoms with van der Waals surface area (Å²) in [5.74, 6) is 0. The van der Waals surface area contributed by atoms with Crippen LogP contribution in [0, 0.1) is 0 Å². The summed E-state index contributed by atoms with van der Waals surface area (Å²) >= 11 is 1.45. The molecular formula is C15H15F3N2O2S. The van der Waals surface area contributed by atoms with E-state index in [4.69, 9.17) is 5.11 Å². The van der Waals surface area contributed by atoms with Crippen LogP contribution in [0.5, 0.6) is 0 Å². The van der Waals surface area contributed by atoms with Crippen molar-refractivity contribution < 1.29 is 23.1 Å². The molecule has 0 unspecified atom stereocenters. The first-order chi connectivity index (χ1) is 10.9. The number of carbonyl (C=O) groups is 1. The molecule has 2 rings (SSSR count). The molecule has 0 atom stereocenters. The molecule has 0 fully saturated rings. The van der Waals surface area contributed by atoms with Gasteiger partial charge in [0.2, 0.25) is 0 Å². The number of halogens is 3. The van der Waals surface area contributed by atoms with Crippen LogP contribution in [0.4, 0.5) is 23.7 Å². The van der Waals surface area contributed by atoms with Crippen LogP contribution in [0.1, 0.15) is 11.1 Å². The van der Waals surface area contributed by atoms with Crippen LogP contribution in [0.15, 0.2) is 41.1 Å². The monoisotopic (exact) mass is 344 g/mol. The largest absolute Gasteiger partial charge is 0.418 e. The van der Waals surface area contributed by atoms with Gasteiger partial charge in [0.05, 0.1) is 17.9 Å². The van der Waals surface area contributed by atoms with E-state index in [0.717, 1.165) is 11.6 Å². The van der Waals surface area contributed by atoms with Gasteiger partial charge in [-0.2, -0.15) is 24.5 Å². The van der Waals surface area contributed by atoms with Crippen LogP contribution in [0.2, 0.25) is 0 Å². The number of benzene rings is 1. The van der Waals surface area contributed by atoms with Gasteiger partial charge < -0.3 is 15.3 Å². The van der Waals surface area contributed by atoms with Gasteiger partial charge >= 0.3 is 12.2 Å². The highest BCUT2D eigenvalue weighted by atomic mass is 32.1. The van der Waals surface area contributed by atoms with Crippen molar-refractivity contribution in [2.24, 2.45) is 0 Å². The second-order valence-corrected chi connectivity index (χ2v) is 5.53. The van der Waals surface area contributed by atoms with E-state index in [2.05, 4.69) is 5.32 Å². The number of aliphatic hydroxyl groups excluding tert-OH is 1. The minimum atomic E-state index is -4.56. The van der Waals surface area contributed by atoms with Crippen LogP contribution < -0.4 is 5.32 Å². The fraction of sp³-hybridized carbons (Fsp3) is 0.267. The molecule has 2 N–H and O–H groups in total. The summed E-state index contributed by atoms with van der Waals surface area (Å²) in [6, 6.07) is 5.90. The van der Waals surface area contributed by atoms with Crippen molar-refractivity contribution in [2.45, 2.75) is 12.7 Å². The first-order valence-corrected chi connectivity index (χ1v) is 7.70. The Morgan fingerprint density at radius 3 is 2.61 bits per heavy atom. The zero-order chi connectivity index (χ0) is 16.9. The molecule has 0 spiro atoms. The zero-order valence-electron chi connectivity index (χ0n) is 12.0. The maximum atomic E-state index is 12.9. The summed E-state index contributed by atoms with van der Waals surface area (Å²) < 4.78 is 38.8. The molecule has 0 radical (unpaired) electrons. The lowest BCUT2D eigenvalue weighted by molar-refractivity contribution is -0.136. The van der Waals surface area contributed by atoms with Crippen molar-refractivity contribution in [1.82, 2.24) is 4.90 Å². The minimum absolute atomic E-state index is 0.0237. The molecule has 2 aromatic rings. The lowest BCUT2D eigenvalue weighted by Gasteiger charge is -2.23. The molecule has 0 aliphatic rings. The lowest BCUT2D eigenvalue weighted by atomic mass is 10.1. The molecular weight excluding hydrogens is 329 g/mol. The average Bonchev–Trinajstić information content (AvgIpc) is 2.99. The number of nitrogens with zero attached hydrogens (tertiary/aromatic N) is 1. The van der Waals surface area contributed by atoms with E-state index in [0.29, 0.717) is 0 Å². The molecule has 0 aliphatic heterocycles. The Balaban J connectivity index is 2.16. The van der Waals surface area contributed by atoms with Gasteiger partial charge in [-0.3, -0.25) is 0 Å². The highest BCUT2D eigenvalue weighted by Gasteiger charge is 2.33. The van der Waals surface area contributed by atoms with Crippen molar-refractivity contribution in [3.63, 3.8) is 0 Å². The Hall–Kier alpha value is -2.06. The number of alkyl halides is 3. The van der Waals surface area contributed by atoms with E-state index >= 15 is 0 Å². The molecule has 1 aromatic heterocycles. The van der Waals surface area contributed by atoms with E-state index in [1.165, 1.54) is 34.4 Å². The molecule has 2 amide bonds. The van der Waals surface area contributed by atoms with Crippen molar-refractivity contribution in [3.8, 4) is 0 Å². The summed E-state index contributed by atoms with van der Waals surface area (Å²) in [4.78, 5) is 13.5. The van der Waals surface area contributed by atoms with Crippen molar-refractivity contribution in [1.29, 1.82) is 0 Å². The van der Waals surface area contributed by atoms with Gasteiger partial charge in [-0.1, -0.05) is 12.1 Å². The number of para-hydroxylation sites is 1. The van der Waals surface area contributed by atoms with Gasteiger partial charge in [0.15, 0.2) is 0 Å². The summed E-state index contributed by atoms with van der Waals surface area (Å²) in [6.07, 6.45) is -4.56. The van der Waals surface area contributed by atoms with Crippen LogP contribution in [-0.2, 0) is 12.7 Å². The number of rotatable bonds is 5. The van der Waals surface area contributed by atoms with Crippen LogP contribution >= 0.6 is 11.3 Å². The third-order valence-electron chi connectivity index (χ3n) is 3.08. The molecule has 1 aromatic carbocycles. The van der Waals surface area contributed by atoms with Gasteiger partial charge in [-0.25, -0.2) is 4.79 Å². The van der Waals surface area contributed by atoms with Gasteiger partial charge in [0, 0.05) is 13.1 Å². The van der Waals surface area contributed by atoms with E-state index in [1.54, 1.807) is 0 Å². The molecule has 0 saturated heterocycles. The number of carbonyl (C=O) groups excluding carboxylic acids is 1. The highest BCUT2D eigenvalue weighted by molar-refractivity contribution is 7.07. The number of amides is 2. The Bertz CT molecular complexity index is 644. The summed E-state index contributed by atoms with van der Waals surface area (Å²) in [5.41, 5.74) is -0.367. The van der Waals surface area contributed by atoms with Crippen molar-refractivity contribution >= 4 is 23.1 Å². The Morgan fingerprint density at radius 2 is 2.00 bits per heavy atom. The predicted molar refractivity (Wildman–Crippen MR) is 82.3 cm³/mol.